The van der Waals surface area contributed by atoms with Gasteiger partial charge in [-0.2, -0.15) is 0 Å². The minimum atomic E-state index is -0.444. The van der Waals surface area contributed by atoms with Crippen LogP contribution in [0.5, 0.6) is 0 Å². The molecule has 3 aliphatic rings. The Hall–Kier alpha value is -4.87. The van der Waals surface area contributed by atoms with Crippen LogP contribution in [-0.4, -0.2) is 80.0 Å². The first-order chi connectivity index (χ1) is 26.8. The van der Waals surface area contributed by atoms with Crippen LogP contribution in [0.2, 0.25) is 0 Å². The van der Waals surface area contributed by atoms with Crippen molar-refractivity contribution in [2.45, 2.75) is 77.8 Å². The Morgan fingerprint density at radius 3 is 1.00 bits per heavy atom. The van der Waals surface area contributed by atoms with Crippen molar-refractivity contribution in [2.75, 3.05) is 39.3 Å². The van der Waals surface area contributed by atoms with Gasteiger partial charge in [-0.15, -0.1) is 0 Å². The number of nitrogens with zero attached hydrogens (tertiary/aromatic N) is 1. The number of carbonyl (C=O) groups is 3. The molecule has 0 fully saturated rings. The summed E-state index contributed by atoms with van der Waals surface area (Å²) >= 11 is 0. The molecule has 3 amide bonds. The Labute approximate surface area is 326 Å². The van der Waals surface area contributed by atoms with Gasteiger partial charge >= 0.3 is 0 Å². The van der Waals surface area contributed by atoms with Gasteiger partial charge in [-0.3, -0.25) is 19.3 Å². The molecule has 0 radical (unpaired) electrons. The van der Waals surface area contributed by atoms with Crippen molar-refractivity contribution in [3.63, 3.8) is 0 Å². The average molecular weight is 744 g/mol. The molecule has 6 N–H and O–H groups in total. The van der Waals surface area contributed by atoms with E-state index in [1.165, 1.54) is 0 Å². The molecule has 0 saturated carbocycles. The summed E-state index contributed by atoms with van der Waals surface area (Å²) in [6.45, 7) is 10.9. The molecule has 0 spiro atoms. The SMILES string of the molecule is Cc1c2c(C)c3c(C)c1CN[C@@H](Cc1ccccc1)C(=O)NCCN(CCNC(=O)[C@H](Cc1ccccc1)NC2)CCNC(=O)[C@H](Cc1ccccc1)NC3. The molecule has 10 heteroatoms. The van der Waals surface area contributed by atoms with Gasteiger partial charge in [-0.1, -0.05) is 91.0 Å². The van der Waals surface area contributed by atoms with Crippen molar-refractivity contribution in [1.82, 2.24) is 36.8 Å². The maximum Gasteiger partial charge on any atom is 0.237 e. The number of hydrogen-bond acceptors (Lipinski definition) is 7. The molecule has 7 rings (SSSR count). The quantitative estimate of drug-likeness (QED) is 0.179. The summed E-state index contributed by atoms with van der Waals surface area (Å²) in [6, 6.07) is 29.1. The maximum atomic E-state index is 13.9. The summed E-state index contributed by atoms with van der Waals surface area (Å²) in [6.07, 6.45) is 1.68. The molecule has 4 bridgehead atoms. The summed E-state index contributed by atoms with van der Waals surface area (Å²) in [4.78, 5) is 43.9. The second-order valence-corrected chi connectivity index (χ2v) is 14.9. The highest BCUT2D eigenvalue weighted by Gasteiger charge is 2.26. The van der Waals surface area contributed by atoms with E-state index in [9.17, 15) is 14.4 Å². The van der Waals surface area contributed by atoms with E-state index in [4.69, 9.17) is 0 Å². The zero-order valence-corrected chi connectivity index (χ0v) is 32.5. The molecule has 290 valence electrons. The van der Waals surface area contributed by atoms with E-state index in [1.807, 2.05) is 54.6 Å². The molecule has 0 unspecified atom stereocenters. The van der Waals surface area contributed by atoms with Crippen LogP contribution in [-0.2, 0) is 53.3 Å². The van der Waals surface area contributed by atoms with Crippen LogP contribution in [0.4, 0.5) is 0 Å². The number of nitrogens with one attached hydrogen (secondary N) is 6. The Bertz CT molecular complexity index is 1650. The smallest absolute Gasteiger partial charge is 0.237 e. The molecular formula is C45H57N7O3. The second-order valence-electron chi connectivity index (χ2n) is 14.9. The lowest BCUT2D eigenvalue weighted by molar-refractivity contribution is -0.123. The monoisotopic (exact) mass is 743 g/mol. The zero-order valence-electron chi connectivity index (χ0n) is 32.5. The zero-order chi connectivity index (χ0) is 38.6. The largest absolute Gasteiger partial charge is 0.353 e. The highest BCUT2D eigenvalue weighted by molar-refractivity contribution is 5.83. The molecule has 4 aromatic rings. The van der Waals surface area contributed by atoms with Crippen LogP contribution in [0.15, 0.2) is 91.0 Å². The van der Waals surface area contributed by atoms with Crippen LogP contribution in [0.3, 0.4) is 0 Å². The third-order valence-electron chi connectivity index (χ3n) is 11.3. The van der Waals surface area contributed by atoms with Gasteiger partial charge in [-0.25, -0.2) is 0 Å². The van der Waals surface area contributed by atoms with Crippen molar-refractivity contribution in [2.24, 2.45) is 0 Å². The minimum absolute atomic E-state index is 0.0497. The lowest BCUT2D eigenvalue weighted by Gasteiger charge is -2.29. The van der Waals surface area contributed by atoms with E-state index in [0.717, 1.165) is 50.1 Å². The highest BCUT2D eigenvalue weighted by Crippen LogP contribution is 2.28. The lowest BCUT2D eigenvalue weighted by atomic mass is 9.87. The second kappa shape index (κ2) is 19.6. The summed E-state index contributed by atoms with van der Waals surface area (Å²) in [5.41, 5.74) is 10.0. The normalized spacial score (nSPS) is 22.0. The van der Waals surface area contributed by atoms with Crippen molar-refractivity contribution in [1.29, 1.82) is 0 Å². The van der Waals surface area contributed by atoms with Crippen LogP contribution in [0.1, 0.15) is 50.1 Å². The first kappa shape index (κ1) is 39.8. The molecule has 3 heterocycles. The van der Waals surface area contributed by atoms with Crippen molar-refractivity contribution >= 4 is 17.7 Å². The van der Waals surface area contributed by atoms with E-state index >= 15 is 0 Å². The molecule has 10 nitrogen and oxygen atoms in total. The number of carbonyl (C=O) groups excluding carboxylic acids is 3. The fourth-order valence-electron chi connectivity index (χ4n) is 7.90. The molecule has 3 aliphatic heterocycles. The predicted molar refractivity (Wildman–Crippen MR) is 218 cm³/mol. The number of amides is 3. The summed E-state index contributed by atoms with van der Waals surface area (Å²) in [5, 5.41) is 20.6. The fourth-order valence-corrected chi connectivity index (χ4v) is 7.90. The first-order valence-electron chi connectivity index (χ1n) is 19.7. The van der Waals surface area contributed by atoms with Crippen LogP contribution in [0.25, 0.3) is 0 Å². The van der Waals surface area contributed by atoms with Gasteiger partial charge in [0.05, 0.1) is 18.1 Å². The Kier molecular flexibility index (Phi) is 14.2. The lowest BCUT2D eigenvalue weighted by Crippen LogP contribution is -2.51. The van der Waals surface area contributed by atoms with Gasteiger partial charge in [0, 0.05) is 58.9 Å². The summed E-state index contributed by atoms with van der Waals surface area (Å²) in [5.74, 6) is -0.149. The van der Waals surface area contributed by atoms with Gasteiger partial charge in [-0.05, 0) is 90.1 Å². The summed E-state index contributed by atoms with van der Waals surface area (Å²) < 4.78 is 0. The van der Waals surface area contributed by atoms with Crippen LogP contribution in [0, 0.1) is 20.8 Å². The standard InChI is InChI=1S/C45H57N7O3/c1-31-37-28-49-40(25-34-13-7-4-8-14-34)43(53)46-19-22-52-23-20-47-44(54)41(26-35-15-9-5-10-16-35)50-29-38(31)33(3)39(32(37)2)30-51-42(45(55)48-21-24-52)27-36-17-11-6-12-18-36/h4-18,40-42,49-51H,19-30H2,1-3H3,(H,46,53)(H,47,54)(H,48,55)/t40-,41-,42-/m0/s1. The van der Waals surface area contributed by atoms with E-state index < -0.39 is 18.1 Å². The Morgan fingerprint density at radius 1 is 0.455 bits per heavy atom. The molecule has 0 saturated heterocycles. The van der Waals surface area contributed by atoms with E-state index in [0.29, 0.717) is 78.2 Å². The number of fused-ring (bicyclic) bond motifs is 18. The fraction of sp³-hybridized carbons (Fsp3) is 0.400. The van der Waals surface area contributed by atoms with Crippen LogP contribution < -0.4 is 31.9 Å². The van der Waals surface area contributed by atoms with Gasteiger partial charge < -0.3 is 31.9 Å². The van der Waals surface area contributed by atoms with Gasteiger partial charge in [0.15, 0.2) is 0 Å². The Balaban J connectivity index is 1.42. The van der Waals surface area contributed by atoms with E-state index in [1.54, 1.807) is 0 Å². The highest BCUT2D eigenvalue weighted by atomic mass is 16.2. The van der Waals surface area contributed by atoms with Crippen molar-refractivity contribution in [3.05, 3.63) is 141 Å². The van der Waals surface area contributed by atoms with Crippen molar-refractivity contribution < 1.29 is 14.4 Å². The van der Waals surface area contributed by atoms with Crippen molar-refractivity contribution in [3.8, 4) is 0 Å². The van der Waals surface area contributed by atoms with Crippen LogP contribution >= 0.6 is 0 Å². The summed E-state index contributed by atoms with van der Waals surface area (Å²) in [7, 11) is 0. The van der Waals surface area contributed by atoms with Gasteiger partial charge in [0.2, 0.25) is 17.7 Å². The molecule has 4 aromatic carbocycles. The number of benzene rings is 4. The predicted octanol–water partition coefficient (Wildman–Crippen LogP) is 3.39. The third kappa shape index (κ3) is 10.9. The molecule has 0 aromatic heterocycles. The van der Waals surface area contributed by atoms with E-state index in [2.05, 4.69) is 94.0 Å². The number of hydrogen-bond donors (Lipinski definition) is 6. The molecular weight excluding hydrogens is 687 g/mol. The molecule has 0 aliphatic carbocycles. The Morgan fingerprint density at radius 2 is 0.727 bits per heavy atom. The molecule has 55 heavy (non-hydrogen) atoms. The van der Waals surface area contributed by atoms with E-state index in [-0.39, 0.29) is 17.7 Å². The van der Waals surface area contributed by atoms with Gasteiger partial charge in [0.25, 0.3) is 0 Å². The third-order valence-corrected chi connectivity index (χ3v) is 11.3. The van der Waals surface area contributed by atoms with Gasteiger partial charge in [0.1, 0.15) is 0 Å². The minimum Gasteiger partial charge on any atom is -0.353 e. The first-order valence-corrected chi connectivity index (χ1v) is 19.7. The average Bonchev–Trinajstić information content (AvgIpc) is 3.19. The number of rotatable bonds is 6. The topological polar surface area (TPSA) is 127 Å². The maximum absolute atomic E-state index is 13.9. The molecule has 3 atom stereocenters.